The first-order valence-corrected chi connectivity index (χ1v) is 9.20. The van der Waals surface area contributed by atoms with Crippen LogP contribution in [-0.2, 0) is 17.7 Å². The minimum absolute atomic E-state index is 0.0628. The molecule has 1 aliphatic rings. The van der Waals surface area contributed by atoms with Gasteiger partial charge in [0.25, 0.3) is 0 Å². The number of rotatable bonds is 7. The summed E-state index contributed by atoms with van der Waals surface area (Å²) in [4.78, 5) is 4.56. The van der Waals surface area contributed by atoms with Gasteiger partial charge in [0, 0.05) is 37.6 Å². The van der Waals surface area contributed by atoms with Gasteiger partial charge in [-0.2, -0.15) is 0 Å². The predicted molar refractivity (Wildman–Crippen MR) is 97.0 cm³/mol. The molecule has 0 aliphatic carbocycles. The molecule has 0 spiro atoms. The Bertz CT molecular complexity index is 610. The lowest BCUT2D eigenvalue weighted by atomic mass is 9.99. The third-order valence-electron chi connectivity index (χ3n) is 4.87. The van der Waals surface area contributed by atoms with Crippen LogP contribution in [0.3, 0.4) is 0 Å². The Morgan fingerprint density at radius 2 is 2.17 bits per heavy atom. The molecule has 1 aliphatic heterocycles. The molecule has 0 radical (unpaired) electrons. The van der Waals surface area contributed by atoms with E-state index < -0.39 is 0 Å². The second-order valence-electron chi connectivity index (χ2n) is 6.70. The van der Waals surface area contributed by atoms with Crippen LogP contribution in [0.4, 0.5) is 0 Å². The van der Waals surface area contributed by atoms with Gasteiger partial charge in [-0.3, -0.25) is 0 Å². The highest BCUT2D eigenvalue weighted by Crippen LogP contribution is 2.28. The molecule has 2 heterocycles. The molecule has 0 unspecified atom stereocenters. The maximum Gasteiger partial charge on any atom is 0.139 e. The van der Waals surface area contributed by atoms with E-state index in [1.54, 1.807) is 0 Å². The van der Waals surface area contributed by atoms with Crippen molar-refractivity contribution < 1.29 is 4.74 Å². The van der Waals surface area contributed by atoms with Crippen LogP contribution in [0.15, 0.2) is 42.7 Å². The third-order valence-corrected chi connectivity index (χ3v) is 4.87. The molecule has 4 nitrogen and oxygen atoms in total. The number of nitrogens with zero attached hydrogens (tertiary/aromatic N) is 2. The molecule has 0 bridgehead atoms. The van der Waals surface area contributed by atoms with Gasteiger partial charge in [-0.1, -0.05) is 30.3 Å². The predicted octanol–water partition coefficient (Wildman–Crippen LogP) is 3.73. The fourth-order valence-corrected chi connectivity index (χ4v) is 3.53. The van der Waals surface area contributed by atoms with Gasteiger partial charge in [-0.05, 0) is 45.1 Å². The Hall–Kier alpha value is -1.65. The number of ether oxygens (including phenoxy) is 1. The third kappa shape index (κ3) is 4.25. The SMILES string of the molecule is CCn1ccnc1[C@H]1OCCC[C@@H]1N[C@@H](C)CCc1ccccc1. The van der Waals surface area contributed by atoms with Crippen LogP contribution in [0.25, 0.3) is 0 Å². The maximum absolute atomic E-state index is 6.10. The van der Waals surface area contributed by atoms with E-state index in [1.165, 1.54) is 5.56 Å². The maximum atomic E-state index is 6.10. The molecular formula is C20H29N3O. The van der Waals surface area contributed by atoms with E-state index in [0.29, 0.717) is 12.1 Å². The van der Waals surface area contributed by atoms with Gasteiger partial charge in [0.1, 0.15) is 11.9 Å². The van der Waals surface area contributed by atoms with Crippen LogP contribution in [0.5, 0.6) is 0 Å². The lowest BCUT2D eigenvalue weighted by Crippen LogP contribution is -2.44. The summed E-state index contributed by atoms with van der Waals surface area (Å²) in [7, 11) is 0. The molecule has 3 atom stereocenters. The van der Waals surface area contributed by atoms with Crippen molar-refractivity contribution in [3.63, 3.8) is 0 Å². The molecule has 0 saturated carbocycles. The standard InChI is InChI=1S/C20H29N3O/c1-3-23-14-13-21-20(23)19-18(10-7-15-24-19)22-16(2)11-12-17-8-5-4-6-9-17/h4-6,8-9,13-14,16,18-19,22H,3,7,10-12,15H2,1-2H3/t16-,18-,19-/m0/s1. The summed E-state index contributed by atoms with van der Waals surface area (Å²) in [5.41, 5.74) is 1.41. The second-order valence-corrected chi connectivity index (χ2v) is 6.70. The lowest BCUT2D eigenvalue weighted by Gasteiger charge is -2.34. The quantitative estimate of drug-likeness (QED) is 0.842. The molecule has 130 valence electrons. The van der Waals surface area contributed by atoms with Crippen LogP contribution < -0.4 is 5.32 Å². The summed E-state index contributed by atoms with van der Waals surface area (Å²) >= 11 is 0. The summed E-state index contributed by atoms with van der Waals surface area (Å²) < 4.78 is 8.29. The van der Waals surface area contributed by atoms with E-state index in [-0.39, 0.29) is 6.10 Å². The fraction of sp³-hybridized carbons (Fsp3) is 0.550. The van der Waals surface area contributed by atoms with Gasteiger partial charge >= 0.3 is 0 Å². The number of hydrogen-bond acceptors (Lipinski definition) is 3. The Labute approximate surface area is 145 Å². The zero-order valence-electron chi connectivity index (χ0n) is 14.8. The van der Waals surface area contributed by atoms with Gasteiger partial charge in [0.05, 0.1) is 0 Å². The number of imidazole rings is 1. The van der Waals surface area contributed by atoms with Crippen molar-refractivity contribution >= 4 is 0 Å². The number of aromatic nitrogens is 2. The summed E-state index contributed by atoms with van der Waals surface area (Å²) in [5.74, 6) is 1.06. The monoisotopic (exact) mass is 327 g/mol. The van der Waals surface area contributed by atoms with Crippen molar-refractivity contribution in [3.05, 3.63) is 54.1 Å². The Kier molecular flexibility index (Phi) is 6.05. The van der Waals surface area contributed by atoms with Crippen LogP contribution >= 0.6 is 0 Å². The van der Waals surface area contributed by atoms with Crippen molar-refractivity contribution in [2.45, 2.75) is 64.3 Å². The van der Waals surface area contributed by atoms with Gasteiger partial charge in [0.15, 0.2) is 0 Å². The molecule has 1 N–H and O–H groups in total. The number of benzene rings is 1. The minimum atomic E-state index is 0.0628. The van der Waals surface area contributed by atoms with E-state index in [1.807, 2.05) is 12.4 Å². The number of hydrogen-bond donors (Lipinski definition) is 1. The first kappa shape index (κ1) is 17.2. The molecule has 3 rings (SSSR count). The van der Waals surface area contributed by atoms with Crippen LogP contribution in [0.2, 0.25) is 0 Å². The zero-order chi connectivity index (χ0) is 16.8. The average Bonchev–Trinajstić information content (AvgIpc) is 3.10. The van der Waals surface area contributed by atoms with Crippen molar-refractivity contribution in [1.29, 1.82) is 0 Å². The smallest absolute Gasteiger partial charge is 0.139 e. The van der Waals surface area contributed by atoms with E-state index in [4.69, 9.17) is 4.74 Å². The molecule has 24 heavy (non-hydrogen) atoms. The second kappa shape index (κ2) is 8.45. The number of nitrogens with one attached hydrogen (secondary N) is 1. The molecule has 2 aromatic rings. The van der Waals surface area contributed by atoms with Gasteiger partial charge in [-0.15, -0.1) is 0 Å². The van der Waals surface area contributed by atoms with Crippen molar-refractivity contribution in [3.8, 4) is 0 Å². The lowest BCUT2D eigenvalue weighted by molar-refractivity contribution is -0.0205. The van der Waals surface area contributed by atoms with Crippen molar-refractivity contribution in [1.82, 2.24) is 14.9 Å². The summed E-state index contributed by atoms with van der Waals surface area (Å²) in [6.45, 7) is 6.20. The Balaban J connectivity index is 1.59. The van der Waals surface area contributed by atoms with E-state index in [9.17, 15) is 0 Å². The van der Waals surface area contributed by atoms with Gasteiger partial charge in [0.2, 0.25) is 0 Å². The largest absolute Gasteiger partial charge is 0.369 e. The molecule has 1 saturated heterocycles. The van der Waals surface area contributed by atoms with E-state index in [0.717, 1.165) is 44.7 Å². The summed E-state index contributed by atoms with van der Waals surface area (Å²) in [6.07, 6.45) is 8.50. The molecule has 1 fully saturated rings. The molecule has 1 aromatic carbocycles. The molecule has 0 amide bonds. The number of aryl methyl sites for hydroxylation is 2. The molecular weight excluding hydrogens is 298 g/mol. The van der Waals surface area contributed by atoms with E-state index >= 15 is 0 Å². The van der Waals surface area contributed by atoms with Crippen molar-refractivity contribution in [2.75, 3.05) is 6.61 Å². The highest BCUT2D eigenvalue weighted by molar-refractivity contribution is 5.14. The van der Waals surface area contributed by atoms with Crippen LogP contribution in [0.1, 0.15) is 50.6 Å². The normalized spacial score (nSPS) is 22.4. The van der Waals surface area contributed by atoms with E-state index in [2.05, 4.69) is 59.0 Å². The first-order valence-electron chi connectivity index (χ1n) is 9.20. The highest BCUT2D eigenvalue weighted by atomic mass is 16.5. The average molecular weight is 327 g/mol. The molecule has 4 heteroatoms. The highest BCUT2D eigenvalue weighted by Gasteiger charge is 2.31. The minimum Gasteiger partial charge on any atom is -0.369 e. The van der Waals surface area contributed by atoms with Crippen LogP contribution in [0, 0.1) is 0 Å². The molecule has 1 aromatic heterocycles. The fourth-order valence-electron chi connectivity index (χ4n) is 3.53. The Morgan fingerprint density at radius 3 is 2.96 bits per heavy atom. The first-order chi connectivity index (χ1) is 11.8. The van der Waals surface area contributed by atoms with Crippen molar-refractivity contribution in [2.24, 2.45) is 0 Å². The topological polar surface area (TPSA) is 39.1 Å². The summed E-state index contributed by atoms with van der Waals surface area (Å²) in [5, 5.41) is 3.80. The van der Waals surface area contributed by atoms with Crippen LogP contribution in [-0.4, -0.2) is 28.2 Å². The summed E-state index contributed by atoms with van der Waals surface area (Å²) in [6, 6.07) is 11.5. The van der Waals surface area contributed by atoms with Gasteiger partial charge < -0.3 is 14.6 Å². The Morgan fingerprint density at radius 1 is 1.33 bits per heavy atom. The van der Waals surface area contributed by atoms with Gasteiger partial charge in [-0.25, -0.2) is 4.98 Å². The zero-order valence-corrected chi connectivity index (χ0v) is 14.8.